The largest absolute Gasteiger partial charge is 0.444 e. The third kappa shape index (κ3) is 4.86. The van der Waals surface area contributed by atoms with E-state index in [0.29, 0.717) is 28.1 Å². The molecular weight excluding hydrogens is 444 g/mol. The first-order chi connectivity index (χ1) is 13.1. The molecule has 0 saturated heterocycles. The summed E-state index contributed by atoms with van der Waals surface area (Å²) in [5.74, 6) is -0.269. The van der Waals surface area contributed by atoms with E-state index in [1.54, 1.807) is 18.2 Å². The first-order valence-corrected chi connectivity index (χ1v) is 10.1. The van der Waals surface area contributed by atoms with E-state index >= 15 is 0 Å². The Balaban J connectivity index is 1.86. The number of ether oxygens (including phenoxy) is 1. The fourth-order valence-electron chi connectivity index (χ4n) is 3.07. The minimum Gasteiger partial charge on any atom is -0.444 e. The molecule has 1 heterocycles. The van der Waals surface area contributed by atoms with E-state index in [4.69, 9.17) is 16.3 Å². The average molecular weight is 466 g/mol. The zero-order valence-corrected chi connectivity index (χ0v) is 18.3. The summed E-state index contributed by atoms with van der Waals surface area (Å²) in [5.41, 5.74) is 2.03. The predicted molar refractivity (Wildman–Crippen MR) is 113 cm³/mol. The summed E-state index contributed by atoms with van der Waals surface area (Å²) >= 11 is 9.37. The molecule has 0 saturated carbocycles. The van der Waals surface area contributed by atoms with E-state index in [1.807, 2.05) is 45.0 Å². The van der Waals surface area contributed by atoms with Gasteiger partial charge < -0.3 is 10.1 Å². The minimum absolute atomic E-state index is 0.269. The second kappa shape index (κ2) is 8.13. The number of fused-ring (bicyclic) bond motifs is 1. The molecule has 0 unspecified atom stereocenters. The number of nitrogens with zero attached hydrogens (tertiary/aromatic N) is 1. The van der Waals surface area contributed by atoms with Crippen LogP contribution >= 0.6 is 27.5 Å². The summed E-state index contributed by atoms with van der Waals surface area (Å²) in [4.78, 5) is 27.3. The molecule has 0 spiro atoms. The van der Waals surface area contributed by atoms with Crippen molar-refractivity contribution in [1.29, 1.82) is 0 Å². The van der Waals surface area contributed by atoms with Crippen molar-refractivity contribution in [2.75, 3.05) is 5.32 Å². The molecule has 3 rings (SSSR count). The fourth-order valence-corrected chi connectivity index (χ4v) is 3.57. The number of benzene rings is 2. The monoisotopic (exact) mass is 464 g/mol. The highest BCUT2D eigenvalue weighted by Crippen LogP contribution is 2.28. The molecule has 0 bridgehead atoms. The third-order valence-corrected chi connectivity index (χ3v) is 5.58. The summed E-state index contributed by atoms with van der Waals surface area (Å²) in [6.45, 7) is 5.75. The van der Waals surface area contributed by atoms with Crippen LogP contribution < -0.4 is 5.32 Å². The van der Waals surface area contributed by atoms with E-state index < -0.39 is 17.7 Å². The van der Waals surface area contributed by atoms with Crippen LogP contribution in [0, 0.1) is 0 Å². The molecule has 1 N–H and O–H groups in total. The number of carbonyl (C=O) groups excluding carboxylic acids is 2. The lowest BCUT2D eigenvalue weighted by atomic mass is 9.93. The fraction of sp³-hybridized carbons (Fsp3) is 0.333. The molecule has 0 aliphatic carbocycles. The molecule has 2 aromatic rings. The first kappa shape index (κ1) is 20.7. The SMILES string of the molecule is CC(C)(C)OC(=O)N1Cc2ccccc2C[C@@H]1C(=O)Nc1ccc(Cl)c(Br)c1. The standard InChI is InChI=1S/C21H22BrClN2O3/c1-21(2,3)28-20(27)25-12-14-7-5-4-6-13(14)10-18(25)19(26)24-15-8-9-17(23)16(22)11-15/h4-9,11,18H,10,12H2,1-3H3,(H,24,26)/t18-/m1/s1. The van der Waals surface area contributed by atoms with Gasteiger partial charge >= 0.3 is 6.09 Å². The number of carbonyl (C=O) groups is 2. The van der Waals surface area contributed by atoms with Crippen LogP contribution in [0.1, 0.15) is 31.9 Å². The maximum Gasteiger partial charge on any atom is 0.411 e. The van der Waals surface area contributed by atoms with Crippen molar-refractivity contribution in [1.82, 2.24) is 4.90 Å². The van der Waals surface area contributed by atoms with Gasteiger partial charge in [0.1, 0.15) is 11.6 Å². The van der Waals surface area contributed by atoms with Gasteiger partial charge in [-0.25, -0.2) is 4.79 Å². The van der Waals surface area contributed by atoms with Crippen LogP contribution in [0.15, 0.2) is 46.9 Å². The Morgan fingerprint density at radius 1 is 1.18 bits per heavy atom. The van der Waals surface area contributed by atoms with Crippen molar-refractivity contribution in [2.45, 2.75) is 45.4 Å². The van der Waals surface area contributed by atoms with Crippen molar-refractivity contribution in [2.24, 2.45) is 0 Å². The van der Waals surface area contributed by atoms with Crippen LogP contribution in [0.3, 0.4) is 0 Å². The molecule has 1 atom stereocenters. The van der Waals surface area contributed by atoms with Gasteiger partial charge in [0.15, 0.2) is 0 Å². The van der Waals surface area contributed by atoms with Gasteiger partial charge in [-0.05, 0) is 66.0 Å². The highest BCUT2D eigenvalue weighted by atomic mass is 79.9. The van der Waals surface area contributed by atoms with Gasteiger partial charge in [-0.2, -0.15) is 0 Å². The van der Waals surface area contributed by atoms with Crippen molar-refractivity contribution in [3.63, 3.8) is 0 Å². The molecule has 5 nitrogen and oxygen atoms in total. The Morgan fingerprint density at radius 3 is 2.50 bits per heavy atom. The Morgan fingerprint density at radius 2 is 1.86 bits per heavy atom. The summed E-state index contributed by atoms with van der Waals surface area (Å²) in [6, 6.07) is 12.3. The molecule has 7 heteroatoms. The molecule has 1 aliphatic rings. The van der Waals surface area contributed by atoms with Crippen molar-refractivity contribution >= 4 is 45.2 Å². The van der Waals surface area contributed by atoms with Crippen LogP contribution in [-0.4, -0.2) is 28.5 Å². The number of hydrogen-bond donors (Lipinski definition) is 1. The number of halogens is 2. The van der Waals surface area contributed by atoms with Crippen LogP contribution in [0.25, 0.3) is 0 Å². The van der Waals surface area contributed by atoms with Gasteiger partial charge in [-0.15, -0.1) is 0 Å². The third-order valence-electron chi connectivity index (χ3n) is 4.37. The van der Waals surface area contributed by atoms with Gasteiger partial charge in [-0.3, -0.25) is 9.69 Å². The smallest absolute Gasteiger partial charge is 0.411 e. The van der Waals surface area contributed by atoms with Crippen molar-refractivity contribution in [3.8, 4) is 0 Å². The topological polar surface area (TPSA) is 58.6 Å². The maximum atomic E-state index is 13.0. The molecule has 0 fully saturated rings. The molecule has 2 aromatic carbocycles. The average Bonchev–Trinajstić information content (AvgIpc) is 2.62. The second-order valence-electron chi connectivity index (χ2n) is 7.72. The lowest BCUT2D eigenvalue weighted by Gasteiger charge is -2.36. The normalized spacial score (nSPS) is 16.3. The predicted octanol–water partition coefficient (Wildman–Crippen LogP) is 5.40. The van der Waals surface area contributed by atoms with Crippen LogP contribution in [0.2, 0.25) is 5.02 Å². The van der Waals surface area contributed by atoms with Gasteiger partial charge in [0.25, 0.3) is 0 Å². The highest BCUT2D eigenvalue weighted by molar-refractivity contribution is 9.10. The van der Waals surface area contributed by atoms with E-state index in [9.17, 15) is 9.59 Å². The second-order valence-corrected chi connectivity index (χ2v) is 8.98. The molecule has 0 radical (unpaired) electrons. The lowest BCUT2D eigenvalue weighted by molar-refractivity contribution is -0.121. The van der Waals surface area contributed by atoms with E-state index in [2.05, 4.69) is 21.2 Å². The van der Waals surface area contributed by atoms with Crippen LogP contribution in [0.4, 0.5) is 10.5 Å². The number of hydrogen-bond acceptors (Lipinski definition) is 3. The maximum absolute atomic E-state index is 13.0. The molecule has 148 valence electrons. The quantitative estimate of drug-likeness (QED) is 0.646. The zero-order chi connectivity index (χ0) is 20.5. The summed E-state index contributed by atoms with van der Waals surface area (Å²) in [7, 11) is 0. The van der Waals surface area contributed by atoms with Gasteiger partial charge in [0.05, 0.1) is 11.6 Å². The number of anilines is 1. The molecule has 28 heavy (non-hydrogen) atoms. The number of amides is 2. The van der Waals surface area contributed by atoms with E-state index in [-0.39, 0.29) is 5.91 Å². The van der Waals surface area contributed by atoms with Gasteiger partial charge in [0.2, 0.25) is 5.91 Å². The first-order valence-electron chi connectivity index (χ1n) is 8.96. The van der Waals surface area contributed by atoms with Gasteiger partial charge in [-0.1, -0.05) is 35.9 Å². The van der Waals surface area contributed by atoms with E-state index in [1.165, 1.54) is 4.90 Å². The Hall–Kier alpha value is -2.05. The summed E-state index contributed by atoms with van der Waals surface area (Å²) in [5, 5.41) is 3.44. The van der Waals surface area contributed by atoms with E-state index in [0.717, 1.165) is 11.1 Å². The van der Waals surface area contributed by atoms with Crippen molar-refractivity contribution in [3.05, 3.63) is 63.1 Å². The number of rotatable bonds is 2. The summed E-state index contributed by atoms with van der Waals surface area (Å²) < 4.78 is 6.22. The Bertz CT molecular complexity index is 911. The van der Waals surface area contributed by atoms with Crippen molar-refractivity contribution < 1.29 is 14.3 Å². The Labute approximate surface area is 178 Å². The van der Waals surface area contributed by atoms with Gasteiger partial charge in [0, 0.05) is 16.6 Å². The highest BCUT2D eigenvalue weighted by Gasteiger charge is 2.37. The Kier molecular flexibility index (Phi) is 6.01. The van der Waals surface area contributed by atoms with Crippen LogP contribution in [0.5, 0.6) is 0 Å². The lowest BCUT2D eigenvalue weighted by Crippen LogP contribution is -2.52. The van der Waals surface area contributed by atoms with Crippen LogP contribution in [-0.2, 0) is 22.5 Å². The minimum atomic E-state index is -0.667. The summed E-state index contributed by atoms with van der Waals surface area (Å²) in [6.07, 6.45) is -0.0739. The molecular formula is C21H22BrClN2O3. The molecule has 0 aromatic heterocycles. The zero-order valence-electron chi connectivity index (χ0n) is 16.0. The molecule has 2 amide bonds. The number of nitrogens with one attached hydrogen (secondary N) is 1. The molecule has 1 aliphatic heterocycles.